The van der Waals surface area contributed by atoms with Gasteiger partial charge in [-0.2, -0.15) is 0 Å². The van der Waals surface area contributed by atoms with Gasteiger partial charge in [-0.25, -0.2) is 0 Å². The van der Waals surface area contributed by atoms with Gasteiger partial charge in [0.1, 0.15) is 0 Å². The van der Waals surface area contributed by atoms with Crippen LogP contribution < -0.4 is 0 Å². The molecule has 5 heteroatoms. The zero-order valence-corrected chi connectivity index (χ0v) is 10.1. The van der Waals surface area contributed by atoms with Gasteiger partial charge in [0.25, 0.3) is 0 Å². The van der Waals surface area contributed by atoms with Gasteiger partial charge in [-0.3, -0.25) is 0 Å². The largest absolute Gasteiger partial charge is 0.502 e. The van der Waals surface area contributed by atoms with Crippen molar-refractivity contribution in [2.75, 3.05) is 27.9 Å². The highest BCUT2D eigenvalue weighted by atomic mass is 28.4. The van der Waals surface area contributed by atoms with Gasteiger partial charge in [0.2, 0.25) is 0 Å². The fraction of sp³-hybridized carbons (Fsp3) is 1.00. The first kappa shape index (κ1) is 13.1. The second kappa shape index (κ2) is 6.50. The van der Waals surface area contributed by atoms with Crippen LogP contribution in [0.3, 0.4) is 0 Å². The minimum absolute atomic E-state index is 0.234. The SMILES string of the molecule is CO[Si](CCOC(C)C)(OC)OC. The summed E-state index contributed by atoms with van der Waals surface area (Å²) in [7, 11) is 2.41. The van der Waals surface area contributed by atoms with E-state index in [0.29, 0.717) is 12.7 Å². The molecule has 0 heterocycles. The van der Waals surface area contributed by atoms with Crippen LogP contribution in [0.15, 0.2) is 0 Å². The molecule has 0 amide bonds. The molecule has 0 fully saturated rings. The fourth-order valence-corrected chi connectivity index (χ4v) is 2.46. The lowest BCUT2D eigenvalue weighted by Crippen LogP contribution is -2.43. The Hall–Kier alpha value is 0.0569. The van der Waals surface area contributed by atoms with E-state index in [2.05, 4.69) is 0 Å². The Kier molecular flexibility index (Phi) is 6.53. The molecule has 13 heavy (non-hydrogen) atoms. The normalized spacial score (nSPS) is 12.5. The molecule has 0 aliphatic rings. The Labute approximate surface area is 81.5 Å². The highest BCUT2D eigenvalue weighted by Gasteiger charge is 2.37. The van der Waals surface area contributed by atoms with Gasteiger partial charge >= 0.3 is 8.80 Å². The average molecular weight is 208 g/mol. The molecule has 0 atom stereocenters. The molecule has 0 spiro atoms. The minimum atomic E-state index is -2.41. The van der Waals surface area contributed by atoms with Gasteiger partial charge in [-0.1, -0.05) is 0 Å². The van der Waals surface area contributed by atoms with Crippen molar-refractivity contribution in [3.8, 4) is 0 Å². The van der Waals surface area contributed by atoms with Crippen LogP contribution in [0.25, 0.3) is 0 Å². The molecule has 0 rings (SSSR count). The van der Waals surface area contributed by atoms with Gasteiger partial charge in [0.05, 0.1) is 12.7 Å². The van der Waals surface area contributed by atoms with Crippen molar-refractivity contribution in [3.63, 3.8) is 0 Å². The van der Waals surface area contributed by atoms with E-state index >= 15 is 0 Å². The molecular formula is C8H20O4Si. The smallest absolute Gasteiger partial charge is 0.379 e. The van der Waals surface area contributed by atoms with Crippen molar-refractivity contribution in [1.29, 1.82) is 0 Å². The molecule has 0 saturated carbocycles. The lowest BCUT2D eigenvalue weighted by atomic mass is 10.5. The summed E-state index contributed by atoms with van der Waals surface area (Å²) in [6.07, 6.45) is 0.234. The number of rotatable bonds is 7. The Balaban J connectivity index is 3.81. The van der Waals surface area contributed by atoms with Gasteiger partial charge < -0.3 is 18.0 Å². The Morgan fingerprint density at radius 3 is 1.77 bits per heavy atom. The van der Waals surface area contributed by atoms with Crippen molar-refractivity contribution < 1.29 is 18.0 Å². The molecule has 0 unspecified atom stereocenters. The van der Waals surface area contributed by atoms with Crippen molar-refractivity contribution in [2.45, 2.75) is 26.0 Å². The fourth-order valence-electron chi connectivity index (χ4n) is 0.976. The summed E-state index contributed by atoms with van der Waals surface area (Å²) in [5.74, 6) is 0. The van der Waals surface area contributed by atoms with E-state index in [0.717, 1.165) is 0 Å². The quantitative estimate of drug-likeness (QED) is 0.591. The molecule has 0 aliphatic heterocycles. The second-order valence-corrected chi connectivity index (χ2v) is 6.06. The van der Waals surface area contributed by atoms with E-state index < -0.39 is 8.80 Å². The molecule has 4 nitrogen and oxygen atoms in total. The van der Waals surface area contributed by atoms with Crippen LogP contribution >= 0.6 is 0 Å². The monoisotopic (exact) mass is 208 g/mol. The summed E-state index contributed by atoms with van der Waals surface area (Å²) in [4.78, 5) is 0. The molecule has 0 bridgehead atoms. The summed E-state index contributed by atoms with van der Waals surface area (Å²) in [6.45, 7) is 4.60. The summed E-state index contributed by atoms with van der Waals surface area (Å²) < 4.78 is 21.1. The summed E-state index contributed by atoms with van der Waals surface area (Å²) in [6, 6.07) is 0.689. The first-order valence-electron chi connectivity index (χ1n) is 4.37. The molecule has 0 N–H and O–H groups in total. The van der Waals surface area contributed by atoms with E-state index in [9.17, 15) is 0 Å². The summed E-state index contributed by atoms with van der Waals surface area (Å²) >= 11 is 0. The highest BCUT2D eigenvalue weighted by Crippen LogP contribution is 2.12. The Bertz CT molecular complexity index is 117. The third-order valence-electron chi connectivity index (χ3n) is 1.79. The van der Waals surface area contributed by atoms with Crippen LogP contribution in [0.1, 0.15) is 13.8 Å². The van der Waals surface area contributed by atoms with E-state index in [4.69, 9.17) is 18.0 Å². The molecule has 0 aromatic rings. The number of ether oxygens (including phenoxy) is 1. The molecule has 0 aromatic heterocycles. The second-order valence-electron chi connectivity index (χ2n) is 2.96. The van der Waals surface area contributed by atoms with Crippen LogP contribution in [0, 0.1) is 0 Å². The molecule has 0 saturated heterocycles. The van der Waals surface area contributed by atoms with Crippen molar-refractivity contribution in [1.82, 2.24) is 0 Å². The van der Waals surface area contributed by atoms with Gasteiger partial charge in [-0.05, 0) is 13.8 Å². The maximum absolute atomic E-state index is 5.40. The van der Waals surface area contributed by atoms with Gasteiger partial charge in [0, 0.05) is 27.4 Å². The van der Waals surface area contributed by atoms with E-state index in [1.807, 2.05) is 13.8 Å². The number of hydrogen-bond donors (Lipinski definition) is 0. The lowest BCUT2D eigenvalue weighted by molar-refractivity contribution is 0.0666. The molecule has 0 aliphatic carbocycles. The predicted molar refractivity (Wildman–Crippen MR) is 52.7 cm³/mol. The minimum Gasteiger partial charge on any atom is -0.379 e. The summed E-state index contributed by atoms with van der Waals surface area (Å²) in [5, 5.41) is 0. The van der Waals surface area contributed by atoms with Crippen LogP contribution in [0.4, 0.5) is 0 Å². The average Bonchev–Trinajstić information content (AvgIpc) is 2.13. The Morgan fingerprint density at radius 1 is 1.00 bits per heavy atom. The topological polar surface area (TPSA) is 36.9 Å². The van der Waals surface area contributed by atoms with E-state index in [1.165, 1.54) is 0 Å². The zero-order chi connectivity index (χ0) is 10.3. The lowest BCUT2D eigenvalue weighted by Gasteiger charge is -2.24. The molecular weight excluding hydrogens is 188 g/mol. The summed E-state index contributed by atoms with van der Waals surface area (Å²) in [5.41, 5.74) is 0. The standard InChI is InChI=1S/C8H20O4Si/c1-8(2)12-6-7-13(9-3,10-4)11-5/h8H,6-7H2,1-5H3. The van der Waals surface area contributed by atoms with E-state index in [1.54, 1.807) is 21.3 Å². The van der Waals surface area contributed by atoms with E-state index in [-0.39, 0.29) is 6.10 Å². The maximum Gasteiger partial charge on any atom is 0.502 e. The van der Waals surface area contributed by atoms with Crippen LogP contribution in [-0.2, 0) is 18.0 Å². The number of hydrogen-bond acceptors (Lipinski definition) is 4. The van der Waals surface area contributed by atoms with Crippen LogP contribution in [0.5, 0.6) is 0 Å². The maximum atomic E-state index is 5.40. The Morgan fingerprint density at radius 2 is 1.46 bits per heavy atom. The molecule has 0 aromatic carbocycles. The third kappa shape index (κ3) is 4.73. The molecule has 0 radical (unpaired) electrons. The predicted octanol–water partition coefficient (Wildman–Crippen LogP) is 1.29. The molecule has 80 valence electrons. The highest BCUT2D eigenvalue weighted by molar-refractivity contribution is 6.60. The van der Waals surface area contributed by atoms with Gasteiger partial charge in [0.15, 0.2) is 0 Å². The third-order valence-corrected chi connectivity index (χ3v) is 4.47. The first-order valence-corrected chi connectivity index (χ1v) is 6.30. The van der Waals surface area contributed by atoms with Crippen molar-refractivity contribution >= 4 is 8.80 Å². The van der Waals surface area contributed by atoms with Crippen molar-refractivity contribution in [3.05, 3.63) is 0 Å². The van der Waals surface area contributed by atoms with Gasteiger partial charge in [-0.15, -0.1) is 0 Å². The zero-order valence-electron chi connectivity index (χ0n) is 9.12. The van der Waals surface area contributed by atoms with Crippen LogP contribution in [-0.4, -0.2) is 42.8 Å². The van der Waals surface area contributed by atoms with Crippen LogP contribution in [0.2, 0.25) is 6.04 Å². The first-order chi connectivity index (χ1) is 6.10. The van der Waals surface area contributed by atoms with Crippen molar-refractivity contribution in [2.24, 2.45) is 0 Å².